The number of aromatic nitrogens is 2. The first-order valence-electron chi connectivity index (χ1n) is 13.2. The predicted octanol–water partition coefficient (Wildman–Crippen LogP) is 4.00. The summed E-state index contributed by atoms with van der Waals surface area (Å²) in [7, 11) is 0.139. The van der Waals surface area contributed by atoms with Crippen molar-refractivity contribution in [2.75, 3.05) is 14.2 Å². The van der Waals surface area contributed by atoms with Crippen LogP contribution in [-0.4, -0.2) is 56.8 Å². The first kappa shape index (κ1) is 30.3. The molecule has 4 rings (SSSR count). The van der Waals surface area contributed by atoms with E-state index in [1.165, 1.54) is 16.5 Å². The SMILES string of the molecule is CCC1=COCc2c1cc([Si](C)(C)C)nc2OC.CC[C@]1(O)c2cc([Si](C)(C)C)nc(OC)c2CO[C@H]1O. The third kappa shape index (κ3) is 5.99. The predicted molar refractivity (Wildman–Crippen MR) is 156 cm³/mol. The number of aliphatic hydroxyl groups excluding tert-OH is 1. The van der Waals surface area contributed by atoms with Gasteiger partial charge in [-0.05, 0) is 36.1 Å². The lowest BCUT2D eigenvalue weighted by atomic mass is 9.86. The molecular formula is C28H44N2O6Si2. The van der Waals surface area contributed by atoms with Gasteiger partial charge in [-0.25, -0.2) is 9.97 Å². The summed E-state index contributed by atoms with van der Waals surface area (Å²) < 4.78 is 21.6. The van der Waals surface area contributed by atoms with E-state index in [4.69, 9.17) is 18.9 Å². The number of methoxy groups -OCH3 is 2. The summed E-state index contributed by atoms with van der Waals surface area (Å²) in [6.07, 6.45) is 1.97. The van der Waals surface area contributed by atoms with Gasteiger partial charge in [0.1, 0.15) is 28.4 Å². The number of aliphatic hydroxyl groups is 2. The Labute approximate surface area is 229 Å². The molecule has 0 spiro atoms. The highest BCUT2D eigenvalue weighted by molar-refractivity contribution is 6.88. The molecule has 2 atom stereocenters. The highest BCUT2D eigenvalue weighted by atomic mass is 28.3. The Kier molecular flexibility index (Phi) is 9.15. The van der Waals surface area contributed by atoms with E-state index in [-0.39, 0.29) is 6.61 Å². The second-order valence-corrected chi connectivity index (χ2v) is 21.9. The van der Waals surface area contributed by atoms with Crippen molar-refractivity contribution in [3.05, 3.63) is 40.6 Å². The molecule has 0 aromatic carbocycles. The maximum Gasteiger partial charge on any atom is 0.220 e. The number of pyridine rings is 2. The summed E-state index contributed by atoms with van der Waals surface area (Å²) in [6, 6.07) is 4.15. The molecule has 0 amide bonds. The van der Waals surface area contributed by atoms with E-state index >= 15 is 0 Å². The molecule has 2 N–H and O–H groups in total. The summed E-state index contributed by atoms with van der Waals surface area (Å²) in [5.74, 6) is 1.21. The van der Waals surface area contributed by atoms with Gasteiger partial charge in [-0.1, -0.05) is 53.1 Å². The Balaban J connectivity index is 0.000000212. The maximum atomic E-state index is 10.8. The zero-order valence-corrected chi connectivity index (χ0v) is 26.6. The average Bonchev–Trinajstić information content (AvgIpc) is 2.88. The molecule has 0 radical (unpaired) electrons. The molecule has 8 nitrogen and oxygen atoms in total. The van der Waals surface area contributed by atoms with Gasteiger partial charge in [-0.3, -0.25) is 0 Å². The highest BCUT2D eigenvalue weighted by Crippen LogP contribution is 2.39. The number of allylic oxidation sites excluding steroid dienone is 1. The molecule has 10 heteroatoms. The summed E-state index contributed by atoms with van der Waals surface area (Å²) in [5.41, 5.74) is 3.58. The van der Waals surface area contributed by atoms with E-state index < -0.39 is 28.0 Å². The number of hydrogen-bond acceptors (Lipinski definition) is 8. The van der Waals surface area contributed by atoms with Crippen molar-refractivity contribution in [1.29, 1.82) is 0 Å². The van der Waals surface area contributed by atoms with Crippen LogP contribution in [0, 0.1) is 0 Å². The molecule has 2 aliphatic heterocycles. The van der Waals surface area contributed by atoms with Crippen molar-refractivity contribution in [3.63, 3.8) is 0 Å². The van der Waals surface area contributed by atoms with E-state index in [0.717, 1.165) is 28.7 Å². The summed E-state index contributed by atoms with van der Waals surface area (Å²) in [6.45, 7) is 18.2. The van der Waals surface area contributed by atoms with Crippen molar-refractivity contribution in [3.8, 4) is 11.8 Å². The Morgan fingerprint density at radius 3 is 1.97 bits per heavy atom. The second-order valence-electron chi connectivity index (χ2n) is 11.8. The van der Waals surface area contributed by atoms with Crippen LogP contribution in [0.5, 0.6) is 11.8 Å². The van der Waals surface area contributed by atoms with Crippen LogP contribution < -0.4 is 20.1 Å². The molecule has 2 aromatic heterocycles. The van der Waals surface area contributed by atoms with Crippen LogP contribution >= 0.6 is 0 Å². The first-order chi connectivity index (χ1) is 17.7. The minimum Gasteiger partial charge on any atom is -0.496 e. The lowest BCUT2D eigenvalue weighted by Gasteiger charge is -2.38. The van der Waals surface area contributed by atoms with Crippen molar-refractivity contribution >= 4 is 32.4 Å². The molecule has 0 saturated heterocycles. The van der Waals surface area contributed by atoms with E-state index in [9.17, 15) is 10.2 Å². The Morgan fingerprint density at radius 1 is 0.921 bits per heavy atom. The van der Waals surface area contributed by atoms with E-state index in [1.54, 1.807) is 14.2 Å². The van der Waals surface area contributed by atoms with Gasteiger partial charge in [0.05, 0.1) is 32.7 Å². The third-order valence-corrected chi connectivity index (χ3v) is 10.7. The van der Waals surface area contributed by atoms with Crippen molar-refractivity contribution in [2.45, 2.75) is 91.1 Å². The number of ether oxygens (including phenoxy) is 4. The molecule has 0 unspecified atom stereocenters. The van der Waals surface area contributed by atoms with E-state index in [2.05, 4.69) is 62.2 Å². The minimum absolute atomic E-state index is 0.195. The standard InChI is InChI=1S/C14H23NO4Si.C14H21NO2Si/c1-6-14(17)10-7-11(20(3,4)5)15-12(18-2)9(10)8-19-13(14)16;1-6-10-8-17-9-12-11(10)7-13(18(3,4)5)15-14(12)16-2/h7,13,16-17H,6,8H2,1-5H3;7-8H,6,9H2,1-5H3/t13-,14+;/m1./s1. The van der Waals surface area contributed by atoms with E-state index in [0.29, 0.717) is 24.5 Å². The molecular weight excluding hydrogens is 516 g/mol. The lowest BCUT2D eigenvalue weighted by Crippen LogP contribution is -2.48. The Bertz CT molecular complexity index is 1190. The number of rotatable bonds is 6. The number of hydrogen-bond donors (Lipinski definition) is 2. The Morgan fingerprint density at radius 2 is 1.47 bits per heavy atom. The summed E-state index contributed by atoms with van der Waals surface area (Å²) in [4.78, 5) is 9.24. The molecule has 4 heterocycles. The van der Waals surface area contributed by atoms with E-state index in [1.807, 2.05) is 19.3 Å². The van der Waals surface area contributed by atoms with Crippen molar-refractivity contribution < 1.29 is 29.2 Å². The fraction of sp³-hybridized carbons (Fsp3) is 0.571. The van der Waals surface area contributed by atoms with Crippen LogP contribution in [-0.2, 0) is 28.3 Å². The van der Waals surface area contributed by atoms with Gasteiger partial charge in [-0.2, -0.15) is 0 Å². The zero-order valence-electron chi connectivity index (χ0n) is 24.6. The molecule has 2 aliphatic rings. The fourth-order valence-electron chi connectivity index (χ4n) is 4.52. The van der Waals surface area contributed by atoms with Crippen LogP contribution in [0.15, 0.2) is 18.4 Å². The zero-order chi connectivity index (χ0) is 28.5. The van der Waals surface area contributed by atoms with Gasteiger partial charge in [-0.15, -0.1) is 0 Å². The minimum atomic E-state index is -1.66. The topological polar surface area (TPSA) is 103 Å². The smallest absolute Gasteiger partial charge is 0.220 e. The number of nitrogens with zero attached hydrogens (tertiary/aromatic N) is 2. The summed E-state index contributed by atoms with van der Waals surface area (Å²) >= 11 is 0. The van der Waals surface area contributed by atoms with Crippen LogP contribution in [0.1, 0.15) is 48.9 Å². The highest BCUT2D eigenvalue weighted by Gasteiger charge is 2.44. The quantitative estimate of drug-likeness (QED) is 0.511. The number of fused-ring (bicyclic) bond motifs is 2. The summed E-state index contributed by atoms with van der Waals surface area (Å²) in [5, 5.41) is 22.9. The van der Waals surface area contributed by atoms with Gasteiger partial charge >= 0.3 is 0 Å². The lowest BCUT2D eigenvalue weighted by molar-refractivity contribution is -0.236. The average molecular weight is 561 g/mol. The third-order valence-electron chi connectivity index (χ3n) is 7.08. The first-order valence-corrected chi connectivity index (χ1v) is 20.2. The van der Waals surface area contributed by atoms with Gasteiger partial charge in [0.15, 0.2) is 6.29 Å². The molecule has 2 aromatic rings. The maximum absolute atomic E-state index is 10.8. The fourth-order valence-corrected chi connectivity index (χ4v) is 6.54. The molecule has 0 saturated carbocycles. The van der Waals surface area contributed by atoms with Crippen LogP contribution in [0.2, 0.25) is 39.3 Å². The molecule has 210 valence electrons. The second kappa shape index (κ2) is 11.5. The van der Waals surface area contributed by atoms with Gasteiger partial charge in [0.25, 0.3) is 0 Å². The van der Waals surface area contributed by atoms with Gasteiger partial charge in [0.2, 0.25) is 11.8 Å². The molecule has 0 aliphatic carbocycles. The van der Waals surface area contributed by atoms with Gasteiger partial charge in [0, 0.05) is 21.8 Å². The monoisotopic (exact) mass is 560 g/mol. The van der Waals surface area contributed by atoms with Gasteiger partial charge < -0.3 is 29.2 Å². The molecule has 0 bridgehead atoms. The van der Waals surface area contributed by atoms with Crippen molar-refractivity contribution in [2.24, 2.45) is 0 Å². The Hall–Kier alpha value is -2.25. The largest absolute Gasteiger partial charge is 0.496 e. The molecule has 0 fully saturated rings. The molecule has 38 heavy (non-hydrogen) atoms. The van der Waals surface area contributed by atoms with Crippen LogP contribution in [0.4, 0.5) is 0 Å². The van der Waals surface area contributed by atoms with Crippen molar-refractivity contribution in [1.82, 2.24) is 9.97 Å². The van der Waals surface area contributed by atoms with Crippen LogP contribution in [0.3, 0.4) is 0 Å². The van der Waals surface area contributed by atoms with Crippen LogP contribution in [0.25, 0.3) is 5.57 Å². The normalized spacial score (nSPS) is 20.7.